The molecule has 1 aromatic carbocycles. The topological polar surface area (TPSA) is 74.6 Å². The minimum absolute atomic E-state index is 0.0131. The average Bonchev–Trinajstić information content (AvgIpc) is 3.67. The van der Waals surface area contributed by atoms with Gasteiger partial charge in [-0.1, -0.05) is 77.1 Å². The van der Waals surface area contributed by atoms with Gasteiger partial charge in [-0.25, -0.2) is 0 Å². The van der Waals surface area contributed by atoms with Crippen molar-refractivity contribution in [1.82, 2.24) is 0 Å². The number of allylic oxidation sites excluding steroid dienone is 3. The third-order valence-electron chi connectivity index (χ3n) is 16.0. The summed E-state index contributed by atoms with van der Waals surface area (Å²) in [5, 5.41) is 20.5. The Morgan fingerprint density at radius 2 is 1.45 bits per heavy atom. The summed E-state index contributed by atoms with van der Waals surface area (Å²) in [5.74, 6) is 0.929. The molecule has 6 aliphatic rings. The van der Waals surface area contributed by atoms with Crippen molar-refractivity contribution in [1.29, 1.82) is 0 Å². The van der Waals surface area contributed by atoms with Crippen molar-refractivity contribution < 1.29 is 19.8 Å². The molecule has 4 nitrogen and oxygen atoms in total. The molecule has 4 heteroatoms. The summed E-state index contributed by atoms with van der Waals surface area (Å²) in [7, 11) is 0. The Kier molecular flexibility index (Phi) is 6.44. The van der Waals surface area contributed by atoms with Crippen LogP contribution >= 0.6 is 0 Å². The van der Waals surface area contributed by atoms with Gasteiger partial charge in [0.25, 0.3) is 0 Å². The molecule has 0 aliphatic heterocycles. The highest BCUT2D eigenvalue weighted by molar-refractivity contribution is 5.85. The molecule has 0 aromatic heterocycles. The number of hydrogen-bond donors (Lipinski definition) is 2. The van der Waals surface area contributed by atoms with Crippen LogP contribution in [0.3, 0.4) is 0 Å². The number of benzene rings is 1. The number of rotatable bonds is 5. The van der Waals surface area contributed by atoms with Crippen molar-refractivity contribution in [2.45, 2.75) is 118 Å². The summed E-state index contributed by atoms with van der Waals surface area (Å²) in [4.78, 5) is 24.9. The van der Waals surface area contributed by atoms with Crippen LogP contribution < -0.4 is 0 Å². The van der Waals surface area contributed by atoms with Gasteiger partial charge in [0.15, 0.2) is 0 Å². The zero-order valence-electron chi connectivity index (χ0n) is 28.0. The Balaban J connectivity index is 1.22. The lowest BCUT2D eigenvalue weighted by atomic mass is 9.32. The van der Waals surface area contributed by atoms with Crippen LogP contribution in [0.4, 0.5) is 0 Å². The van der Waals surface area contributed by atoms with Gasteiger partial charge in [0.05, 0.1) is 10.8 Å². The van der Waals surface area contributed by atoms with E-state index in [4.69, 9.17) is 0 Å². The lowest BCUT2D eigenvalue weighted by molar-refractivity contribution is -0.227. The highest BCUT2D eigenvalue weighted by Crippen LogP contribution is 2.77. The first-order valence-corrected chi connectivity index (χ1v) is 17.5. The van der Waals surface area contributed by atoms with Gasteiger partial charge in [0.1, 0.15) is 0 Å². The number of aliphatic carboxylic acids is 2. The van der Waals surface area contributed by atoms with Gasteiger partial charge in [0, 0.05) is 0 Å². The quantitative estimate of drug-likeness (QED) is 0.331. The predicted octanol–water partition coefficient (Wildman–Crippen LogP) is 9.54. The van der Waals surface area contributed by atoms with E-state index in [0.717, 1.165) is 56.9 Å². The number of carboxylic acids is 2. The van der Waals surface area contributed by atoms with E-state index in [-0.39, 0.29) is 27.6 Å². The molecule has 0 radical (unpaired) electrons. The molecule has 44 heavy (non-hydrogen) atoms. The summed E-state index contributed by atoms with van der Waals surface area (Å²) in [6.07, 6.45) is 13.5. The molecule has 0 bridgehead atoms. The van der Waals surface area contributed by atoms with Crippen LogP contribution in [0, 0.1) is 56.7 Å². The summed E-state index contributed by atoms with van der Waals surface area (Å²) in [6.45, 7) is 19.3. The molecule has 0 amide bonds. The standard InChI is InChI=1S/C40H54O4/c1-24(2)27-14-19-40(34(43)44)21-20-37(6)29(32(27)40)12-13-31-36(5)17-15-28(35(3,4)30(36)16-18-38(31,37)7)25-8-10-26(11-9-25)39(22-23-39)33(41)42/h8-11,15,27,29-32H,1,12-14,16-23H2,2-7H3,(H,41,42)(H,43,44). The Morgan fingerprint density at radius 3 is 2.05 bits per heavy atom. The number of carbonyl (C=O) groups is 2. The summed E-state index contributed by atoms with van der Waals surface area (Å²) in [5.41, 5.74) is 4.11. The zero-order chi connectivity index (χ0) is 31.7. The maximum atomic E-state index is 13.0. The summed E-state index contributed by atoms with van der Waals surface area (Å²) in [6, 6.07) is 8.51. The molecule has 2 N–H and O–H groups in total. The summed E-state index contributed by atoms with van der Waals surface area (Å²) < 4.78 is 0. The van der Waals surface area contributed by atoms with E-state index in [9.17, 15) is 19.8 Å². The largest absolute Gasteiger partial charge is 0.481 e. The Morgan fingerprint density at radius 1 is 0.773 bits per heavy atom. The highest BCUT2D eigenvalue weighted by Gasteiger charge is 2.71. The second-order valence-corrected chi connectivity index (χ2v) is 17.7. The second kappa shape index (κ2) is 9.35. The highest BCUT2D eigenvalue weighted by atomic mass is 16.4. The minimum atomic E-state index is -0.693. The van der Waals surface area contributed by atoms with E-state index in [0.29, 0.717) is 23.7 Å². The molecule has 0 spiro atoms. The third kappa shape index (κ3) is 3.63. The van der Waals surface area contributed by atoms with Crippen molar-refractivity contribution in [2.75, 3.05) is 0 Å². The van der Waals surface area contributed by atoms with Gasteiger partial charge in [0.2, 0.25) is 0 Å². The van der Waals surface area contributed by atoms with Crippen LogP contribution in [-0.2, 0) is 15.0 Å². The maximum Gasteiger partial charge on any atom is 0.314 e. The van der Waals surface area contributed by atoms with Crippen molar-refractivity contribution in [3.8, 4) is 0 Å². The predicted molar refractivity (Wildman–Crippen MR) is 175 cm³/mol. The smallest absolute Gasteiger partial charge is 0.314 e. The van der Waals surface area contributed by atoms with Gasteiger partial charge in [-0.2, -0.15) is 0 Å². The molecule has 5 saturated carbocycles. The first-order chi connectivity index (χ1) is 20.6. The van der Waals surface area contributed by atoms with Crippen LogP contribution in [0.15, 0.2) is 42.5 Å². The molecule has 6 aliphatic carbocycles. The van der Waals surface area contributed by atoms with E-state index >= 15 is 0 Å². The van der Waals surface area contributed by atoms with E-state index in [2.05, 4.69) is 78.5 Å². The molecular formula is C40H54O4. The normalized spacial score (nSPS) is 44.7. The lowest BCUT2D eigenvalue weighted by Crippen LogP contribution is -2.65. The summed E-state index contributed by atoms with van der Waals surface area (Å²) >= 11 is 0. The van der Waals surface area contributed by atoms with Crippen LogP contribution in [-0.4, -0.2) is 22.2 Å². The first-order valence-electron chi connectivity index (χ1n) is 17.5. The van der Waals surface area contributed by atoms with Crippen LogP contribution in [0.25, 0.3) is 5.57 Å². The number of hydrogen-bond acceptors (Lipinski definition) is 2. The molecule has 9 atom stereocenters. The van der Waals surface area contributed by atoms with Gasteiger partial charge in [-0.05, 0) is 146 Å². The van der Waals surface area contributed by atoms with E-state index in [1.807, 2.05) is 0 Å². The van der Waals surface area contributed by atoms with Crippen LogP contribution in [0.5, 0.6) is 0 Å². The second-order valence-electron chi connectivity index (χ2n) is 17.7. The fraction of sp³-hybridized carbons (Fsp3) is 0.700. The SMILES string of the molecule is C=C(C)C1CCC2(C(=O)O)CCC3(C)C(CCC4C5(C)CC=C(c6ccc(C7(C(=O)O)CC7)cc6)C(C)(C)C5CCC43C)C12. The minimum Gasteiger partial charge on any atom is -0.481 e. The van der Waals surface area contributed by atoms with Crippen molar-refractivity contribution in [2.24, 2.45) is 56.7 Å². The van der Waals surface area contributed by atoms with E-state index in [1.165, 1.54) is 36.0 Å². The molecule has 0 heterocycles. The van der Waals surface area contributed by atoms with Crippen molar-refractivity contribution >= 4 is 17.5 Å². The van der Waals surface area contributed by atoms with Crippen LogP contribution in [0.2, 0.25) is 0 Å². The Labute approximate surface area is 264 Å². The molecule has 9 unspecified atom stereocenters. The Hall–Kier alpha value is -2.36. The third-order valence-corrected chi connectivity index (χ3v) is 16.0. The van der Waals surface area contributed by atoms with E-state index in [1.54, 1.807) is 0 Å². The van der Waals surface area contributed by atoms with Gasteiger partial charge in [-0.15, -0.1) is 0 Å². The van der Waals surface area contributed by atoms with Crippen molar-refractivity contribution in [3.05, 3.63) is 53.6 Å². The fourth-order valence-corrected chi connectivity index (χ4v) is 13.3. The van der Waals surface area contributed by atoms with Gasteiger partial charge >= 0.3 is 11.9 Å². The average molecular weight is 599 g/mol. The van der Waals surface area contributed by atoms with Crippen molar-refractivity contribution in [3.63, 3.8) is 0 Å². The molecule has 1 aromatic rings. The molecule has 5 fully saturated rings. The number of carboxylic acid groups (broad SMARTS) is 2. The fourth-order valence-electron chi connectivity index (χ4n) is 13.3. The monoisotopic (exact) mass is 598 g/mol. The molecular weight excluding hydrogens is 544 g/mol. The van der Waals surface area contributed by atoms with Gasteiger partial charge < -0.3 is 10.2 Å². The first kappa shape index (κ1) is 30.3. The zero-order valence-corrected chi connectivity index (χ0v) is 28.0. The molecule has 238 valence electrons. The maximum absolute atomic E-state index is 13.0. The molecule has 0 saturated heterocycles. The molecule has 7 rings (SSSR count). The lowest BCUT2D eigenvalue weighted by Gasteiger charge is -2.72. The van der Waals surface area contributed by atoms with Crippen LogP contribution in [0.1, 0.15) is 123 Å². The number of fused-ring (bicyclic) bond motifs is 7. The Bertz CT molecular complexity index is 1450. The van der Waals surface area contributed by atoms with E-state index < -0.39 is 22.8 Å². The van der Waals surface area contributed by atoms with Gasteiger partial charge in [-0.3, -0.25) is 9.59 Å².